The highest BCUT2D eigenvalue weighted by molar-refractivity contribution is 7.91. The minimum absolute atomic E-state index is 0.0579. The maximum absolute atomic E-state index is 11.3. The molecule has 15 heavy (non-hydrogen) atoms. The molecule has 0 aromatic carbocycles. The van der Waals surface area contributed by atoms with Crippen molar-refractivity contribution in [1.82, 2.24) is 10.0 Å². The standard InChI is InChI=1S/C7H18N2O4S2/c1-7(6-14(3,10)11)9-15(12,13)5-4-8-2/h7-9H,4-6H2,1-3H3. The van der Waals surface area contributed by atoms with Crippen molar-refractivity contribution in [1.29, 1.82) is 0 Å². The van der Waals surface area contributed by atoms with Crippen LogP contribution >= 0.6 is 0 Å². The Morgan fingerprint density at radius 3 is 2.13 bits per heavy atom. The normalized spacial score (nSPS) is 15.1. The summed E-state index contributed by atoms with van der Waals surface area (Å²) in [6.45, 7) is 1.86. The third kappa shape index (κ3) is 8.79. The molecule has 0 aliphatic rings. The fourth-order valence-electron chi connectivity index (χ4n) is 1.09. The summed E-state index contributed by atoms with van der Waals surface area (Å²) in [5, 5.41) is 2.71. The minimum Gasteiger partial charge on any atom is -0.319 e. The summed E-state index contributed by atoms with van der Waals surface area (Å²) in [4.78, 5) is 0. The topological polar surface area (TPSA) is 92.3 Å². The van der Waals surface area contributed by atoms with Crippen molar-refractivity contribution in [3.63, 3.8) is 0 Å². The fourth-order valence-corrected chi connectivity index (χ4v) is 3.47. The van der Waals surface area contributed by atoms with E-state index >= 15 is 0 Å². The van der Waals surface area contributed by atoms with E-state index in [-0.39, 0.29) is 11.5 Å². The second kappa shape index (κ2) is 5.78. The van der Waals surface area contributed by atoms with Crippen molar-refractivity contribution in [2.45, 2.75) is 13.0 Å². The third-order valence-electron chi connectivity index (χ3n) is 1.55. The van der Waals surface area contributed by atoms with Crippen LogP contribution in [0.1, 0.15) is 6.92 Å². The molecular formula is C7H18N2O4S2. The van der Waals surface area contributed by atoms with Crippen LogP contribution in [-0.4, -0.2) is 54.2 Å². The van der Waals surface area contributed by atoms with Gasteiger partial charge in [0.2, 0.25) is 10.0 Å². The lowest BCUT2D eigenvalue weighted by atomic mass is 10.4. The molecule has 0 amide bonds. The number of rotatable bonds is 7. The van der Waals surface area contributed by atoms with E-state index in [9.17, 15) is 16.8 Å². The predicted octanol–water partition coefficient (Wildman–Crippen LogP) is -1.44. The minimum atomic E-state index is -3.39. The summed E-state index contributed by atoms with van der Waals surface area (Å²) in [6.07, 6.45) is 1.07. The van der Waals surface area contributed by atoms with E-state index in [1.807, 2.05) is 0 Å². The van der Waals surface area contributed by atoms with Crippen LogP contribution in [0.25, 0.3) is 0 Å². The van der Waals surface area contributed by atoms with Crippen LogP contribution in [0.3, 0.4) is 0 Å². The van der Waals surface area contributed by atoms with E-state index in [4.69, 9.17) is 0 Å². The first-order valence-corrected chi connectivity index (χ1v) is 8.20. The summed E-state index contributed by atoms with van der Waals surface area (Å²) >= 11 is 0. The lowest BCUT2D eigenvalue weighted by molar-refractivity contribution is 0.562. The predicted molar refractivity (Wildman–Crippen MR) is 60.0 cm³/mol. The fraction of sp³-hybridized carbons (Fsp3) is 1.00. The maximum Gasteiger partial charge on any atom is 0.213 e. The van der Waals surface area contributed by atoms with Gasteiger partial charge in [0.1, 0.15) is 9.84 Å². The molecule has 0 heterocycles. The first kappa shape index (κ1) is 14.8. The summed E-state index contributed by atoms with van der Waals surface area (Å²) in [5.41, 5.74) is 0. The van der Waals surface area contributed by atoms with Gasteiger partial charge < -0.3 is 5.32 Å². The van der Waals surface area contributed by atoms with Crippen LogP contribution in [0.5, 0.6) is 0 Å². The quantitative estimate of drug-likeness (QED) is 0.583. The molecule has 0 radical (unpaired) electrons. The third-order valence-corrected chi connectivity index (χ3v) is 4.16. The van der Waals surface area contributed by atoms with Gasteiger partial charge in [-0.05, 0) is 14.0 Å². The van der Waals surface area contributed by atoms with E-state index in [1.165, 1.54) is 6.92 Å². The van der Waals surface area contributed by atoms with Gasteiger partial charge in [-0.25, -0.2) is 21.6 Å². The Morgan fingerprint density at radius 2 is 1.73 bits per heavy atom. The molecule has 0 spiro atoms. The van der Waals surface area contributed by atoms with Crippen LogP contribution in [0, 0.1) is 0 Å². The maximum atomic E-state index is 11.3. The Labute approximate surface area is 91.4 Å². The van der Waals surface area contributed by atoms with Gasteiger partial charge in [0.05, 0.1) is 11.5 Å². The molecule has 6 nitrogen and oxygen atoms in total. The van der Waals surface area contributed by atoms with E-state index in [0.717, 1.165) is 6.26 Å². The van der Waals surface area contributed by atoms with Gasteiger partial charge in [-0.3, -0.25) is 0 Å². The molecule has 0 saturated carbocycles. The average molecular weight is 258 g/mol. The molecule has 0 aliphatic carbocycles. The molecule has 8 heteroatoms. The molecule has 0 saturated heterocycles. The molecule has 0 aromatic heterocycles. The van der Waals surface area contributed by atoms with E-state index in [0.29, 0.717) is 6.54 Å². The Hall–Kier alpha value is -0.180. The van der Waals surface area contributed by atoms with E-state index in [2.05, 4.69) is 10.0 Å². The van der Waals surface area contributed by atoms with Crippen molar-refractivity contribution < 1.29 is 16.8 Å². The largest absolute Gasteiger partial charge is 0.319 e. The van der Waals surface area contributed by atoms with Gasteiger partial charge in [0.15, 0.2) is 0 Å². The SMILES string of the molecule is CNCCS(=O)(=O)NC(C)CS(C)(=O)=O. The van der Waals surface area contributed by atoms with Crippen molar-refractivity contribution >= 4 is 19.9 Å². The lowest BCUT2D eigenvalue weighted by Crippen LogP contribution is -2.40. The van der Waals surface area contributed by atoms with Crippen LogP contribution < -0.4 is 10.0 Å². The second-order valence-electron chi connectivity index (χ2n) is 3.53. The van der Waals surface area contributed by atoms with Crippen LogP contribution in [0.2, 0.25) is 0 Å². The summed E-state index contributed by atoms with van der Waals surface area (Å²) < 4.78 is 46.8. The zero-order chi connectivity index (χ0) is 12.1. The lowest BCUT2D eigenvalue weighted by Gasteiger charge is -2.12. The van der Waals surface area contributed by atoms with Crippen LogP contribution in [-0.2, 0) is 19.9 Å². The van der Waals surface area contributed by atoms with Crippen molar-refractivity contribution in [2.75, 3.05) is 31.4 Å². The zero-order valence-corrected chi connectivity index (χ0v) is 10.8. The first-order valence-electron chi connectivity index (χ1n) is 4.48. The van der Waals surface area contributed by atoms with Gasteiger partial charge in [-0.1, -0.05) is 0 Å². The number of hydrogen-bond acceptors (Lipinski definition) is 5. The Balaban J connectivity index is 4.23. The average Bonchev–Trinajstić information content (AvgIpc) is 1.95. The molecule has 92 valence electrons. The summed E-state index contributed by atoms with van der Waals surface area (Å²) in [7, 11) is -4.90. The van der Waals surface area contributed by atoms with Gasteiger partial charge in [0, 0.05) is 18.8 Å². The zero-order valence-electron chi connectivity index (χ0n) is 9.15. The molecule has 0 fully saturated rings. The smallest absolute Gasteiger partial charge is 0.213 e. The Morgan fingerprint density at radius 1 is 1.20 bits per heavy atom. The molecule has 0 aliphatic heterocycles. The number of sulfonamides is 1. The van der Waals surface area contributed by atoms with Crippen LogP contribution in [0.15, 0.2) is 0 Å². The molecular weight excluding hydrogens is 240 g/mol. The summed E-state index contributed by atoms with van der Waals surface area (Å²) in [5.74, 6) is -0.247. The van der Waals surface area contributed by atoms with E-state index < -0.39 is 25.9 Å². The van der Waals surface area contributed by atoms with Gasteiger partial charge in [-0.15, -0.1) is 0 Å². The highest BCUT2D eigenvalue weighted by atomic mass is 32.2. The van der Waals surface area contributed by atoms with E-state index in [1.54, 1.807) is 7.05 Å². The Bertz CT molecular complexity index is 374. The highest BCUT2D eigenvalue weighted by Crippen LogP contribution is 1.93. The number of nitrogens with one attached hydrogen (secondary N) is 2. The molecule has 0 bridgehead atoms. The van der Waals surface area contributed by atoms with Crippen molar-refractivity contribution in [2.24, 2.45) is 0 Å². The second-order valence-corrected chi connectivity index (χ2v) is 7.59. The van der Waals surface area contributed by atoms with Gasteiger partial charge in [0.25, 0.3) is 0 Å². The first-order chi connectivity index (χ1) is 6.66. The van der Waals surface area contributed by atoms with Gasteiger partial charge >= 0.3 is 0 Å². The molecule has 0 aromatic rings. The number of hydrogen-bond donors (Lipinski definition) is 2. The highest BCUT2D eigenvalue weighted by Gasteiger charge is 2.17. The summed E-state index contributed by atoms with van der Waals surface area (Å²) in [6, 6.07) is -0.596. The van der Waals surface area contributed by atoms with Gasteiger partial charge in [-0.2, -0.15) is 0 Å². The van der Waals surface area contributed by atoms with Crippen LogP contribution in [0.4, 0.5) is 0 Å². The molecule has 0 rings (SSSR count). The monoisotopic (exact) mass is 258 g/mol. The molecule has 2 N–H and O–H groups in total. The molecule has 1 atom stereocenters. The Kier molecular flexibility index (Phi) is 5.71. The number of sulfone groups is 1. The molecule has 1 unspecified atom stereocenters. The van der Waals surface area contributed by atoms with Crippen molar-refractivity contribution in [3.8, 4) is 0 Å². The van der Waals surface area contributed by atoms with Crippen molar-refractivity contribution in [3.05, 3.63) is 0 Å².